The van der Waals surface area contributed by atoms with Crippen molar-refractivity contribution in [1.82, 2.24) is 9.80 Å². The molecule has 0 radical (unpaired) electrons. The number of hydrogen-bond acceptors (Lipinski definition) is 5. The van der Waals surface area contributed by atoms with Gasteiger partial charge in [-0.15, -0.1) is 0 Å². The number of cyclic esters (lactones) is 1. The van der Waals surface area contributed by atoms with E-state index in [0.29, 0.717) is 42.7 Å². The van der Waals surface area contributed by atoms with Gasteiger partial charge in [-0.1, -0.05) is 27.7 Å². The average Bonchev–Trinajstić information content (AvgIpc) is 3.27. The molecule has 2 aliphatic rings. The molecule has 8 nitrogen and oxygen atoms in total. The number of allylic oxidation sites excluding steroid dienone is 1. The topological polar surface area (TPSA) is 96.4 Å². The van der Waals surface area contributed by atoms with Gasteiger partial charge < -0.3 is 19.5 Å². The molecular formula is C35H40F6N2O6. The molecule has 1 aliphatic carbocycles. The van der Waals surface area contributed by atoms with E-state index in [-0.39, 0.29) is 29.5 Å². The highest BCUT2D eigenvalue weighted by molar-refractivity contribution is 5.98. The molecule has 0 saturated carbocycles. The molecule has 0 aromatic heterocycles. The molecule has 2 aromatic carbocycles. The number of nitrogens with zero attached hydrogens (tertiary/aromatic N) is 2. The molecule has 0 unspecified atom stereocenters. The lowest BCUT2D eigenvalue weighted by Crippen LogP contribution is -2.45. The summed E-state index contributed by atoms with van der Waals surface area (Å²) in [5, 5.41) is 9.74. The fourth-order valence-corrected chi connectivity index (χ4v) is 6.70. The number of methoxy groups -OCH3 is 1. The highest BCUT2D eigenvalue weighted by atomic mass is 19.4. The van der Waals surface area contributed by atoms with Crippen LogP contribution in [0.2, 0.25) is 0 Å². The van der Waals surface area contributed by atoms with Crippen molar-refractivity contribution in [2.45, 2.75) is 84.4 Å². The fraction of sp³-hybridized carbons (Fsp3) is 0.514. The Labute approximate surface area is 280 Å². The maximum Gasteiger partial charge on any atom is 0.416 e. The second-order valence-electron chi connectivity index (χ2n) is 13.8. The number of carbonyl (C=O) groups excluding carboxylic acids is 2. The number of likely N-dealkylation sites (N-methyl/N-ethyl adjacent to an activating group) is 1. The standard InChI is InChI=1S/C35H40F6N2O6/c1-18(2)28(31(45)46)42(6)30(44)20-8-9-27(48-7)26(14-20)25-10-11-33(4,5)16-22(25)17-43-19(3)29(49-32(43)47)21-12-23(34(36,37)38)15-24(13-21)35(39,40)41/h8-9,12-15,18-19,28-29H,10-11,16-17H2,1-7H3,(H,45,46)/t19-,28+,29-/m0/s1. The quantitative estimate of drug-likeness (QED) is 0.264. The van der Waals surface area contributed by atoms with Crippen LogP contribution in [0.1, 0.15) is 92.6 Å². The van der Waals surface area contributed by atoms with Gasteiger partial charge in [-0.3, -0.25) is 9.69 Å². The van der Waals surface area contributed by atoms with Gasteiger partial charge in [0.05, 0.1) is 24.3 Å². The molecule has 4 rings (SSSR count). The average molecular weight is 699 g/mol. The number of carboxylic acids is 1. The number of aliphatic carboxylic acids is 1. The number of rotatable bonds is 9. The zero-order valence-corrected chi connectivity index (χ0v) is 28.3. The zero-order valence-electron chi connectivity index (χ0n) is 28.3. The second kappa shape index (κ2) is 13.6. The number of amides is 2. The molecule has 0 spiro atoms. The third-order valence-electron chi connectivity index (χ3n) is 9.26. The lowest BCUT2D eigenvalue weighted by molar-refractivity contribution is -0.144. The van der Waals surface area contributed by atoms with Crippen molar-refractivity contribution in [3.63, 3.8) is 0 Å². The van der Waals surface area contributed by atoms with E-state index < -0.39 is 65.2 Å². The van der Waals surface area contributed by atoms with Crippen molar-refractivity contribution in [3.8, 4) is 5.75 Å². The predicted molar refractivity (Wildman–Crippen MR) is 168 cm³/mol. The minimum atomic E-state index is -5.07. The summed E-state index contributed by atoms with van der Waals surface area (Å²) >= 11 is 0. The molecule has 2 amide bonds. The first-order chi connectivity index (χ1) is 22.6. The van der Waals surface area contributed by atoms with Crippen LogP contribution in [0.3, 0.4) is 0 Å². The number of ether oxygens (including phenoxy) is 2. The van der Waals surface area contributed by atoms with Crippen LogP contribution in [0.4, 0.5) is 31.1 Å². The summed E-state index contributed by atoms with van der Waals surface area (Å²) < 4.78 is 92.7. The van der Waals surface area contributed by atoms with Crippen LogP contribution in [-0.2, 0) is 21.9 Å². The zero-order chi connectivity index (χ0) is 36.8. The highest BCUT2D eigenvalue weighted by Crippen LogP contribution is 2.47. The summed E-state index contributed by atoms with van der Waals surface area (Å²) in [7, 11) is 2.87. The molecule has 1 saturated heterocycles. The first-order valence-electron chi connectivity index (χ1n) is 15.7. The van der Waals surface area contributed by atoms with Gasteiger partial charge in [0.1, 0.15) is 17.9 Å². The summed E-state index contributed by atoms with van der Waals surface area (Å²) in [5.74, 6) is -1.63. The highest BCUT2D eigenvalue weighted by Gasteiger charge is 2.44. The Morgan fingerprint density at radius 3 is 2.16 bits per heavy atom. The maximum atomic E-state index is 13.6. The van der Waals surface area contributed by atoms with Gasteiger partial charge in [0.15, 0.2) is 0 Å². The van der Waals surface area contributed by atoms with Crippen molar-refractivity contribution in [1.29, 1.82) is 0 Å². The third-order valence-corrected chi connectivity index (χ3v) is 9.26. The summed E-state index contributed by atoms with van der Waals surface area (Å²) in [6.45, 7) is 8.91. The van der Waals surface area contributed by atoms with Crippen LogP contribution in [0, 0.1) is 11.3 Å². The van der Waals surface area contributed by atoms with E-state index in [9.17, 15) is 45.8 Å². The van der Waals surface area contributed by atoms with Crippen molar-refractivity contribution in [2.24, 2.45) is 11.3 Å². The molecule has 0 bridgehead atoms. The Kier molecular flexibility index (Phi) is 10.4. The van der Waals surface area contributed by atoms with Crippen LogP contribution in [0.25, 0.3) is 5.57 Å². The maximum absolute atomic E-state index is 13.6. The van der Waals surface area contributed by atoms with Gasteiger partial charge >= 0.3 is 24.4 Å². The molecule has 1 heterocycles. The van der Waals surface area contributed by atoms with E-state index >= 15 is 0 Å². The second-order valence-corrected chi connectivity index (χ2v) is 13.8. The molecule has 49 heavy (non-hydrogen) atoms. The van der Waals surface area contributed by atoms with E-state index in [1.165, 1.54) is 32.0 Å². The number of alkyl halides is 6. The predicted octanol–water partition coefficient (Wildman–Crippen LogP) is 8.46. The molecule has 1 N–H and O–H groups in total. The van der Waals surface area contributed by atoms with E-state index in [0.717, 1.165) is 16.0 Å². The van der Waals surface area contributed by atoms with Gasteiger partial charge in [0.25, 0.3) is 5.91 Å². The summed E-state index contributed by atoms with van der Waals surface area (Å²) in [5.41, 5.74) is -1.41. The van der Waals surface area contributed by atoms with Crippen molar-refractivity contribution in [3.05, 3.63) is 69.8 Å². The van der Waals surface area contributed by atoms with Crippen molar-refractivity contribution >= 4 is 23.5 Å². The lowest BCUT2D eigenvalue weighted by atomic mass is 9.72. The Morgan fingerprint density at radius 1 is 1.06 bits per heavy atom. The Hall–Kier alpha value is -4.23. The minimum absolute atomic E-state index is 0.0264. The number of halogens is 6. The number of benzene rings is 2. The minimum Gasteiger partial charge on any atom is -0.496 e. The fourth-order valence-electron chi connectivity index (χ4n) is 6.70. The lowest BCUT2D eigenvalue weighted by Gasteiger charge is -2.36. The van der Waals surface area contributed by atoms with E-state index in [2.05, 4.69) is 0 Å². The monoisotopic (exact) mass is 698 g/mol. The van der Waals surface area contributed by atoms with Gasteiger partial charge in [0.2, 0.25) is 0 Å². The van der Waals surface area contributed by atoms with Gasteiger partial charge in [-0.25, -0.2) is 9.59 Å². The molecule has 14 heteroatoms. The summed E-state index contributed by atoms with van der Waals surface area (Å²) in [6.07, 6.45) is -10.8. The normalized spacial score (nSPS) is 20.4. The van der Waals surface area contributed by atoms with Gasteiger partial charge in [-0.2, -0.15) is 26.3 Å². The first-order valence-corrected chi connectivity index (χ1v) is 15.7. The molecule has 1 aliphatic heterocycles. The van der Waals surface area contributed by atoms with Crippen LogP contribution < -0.4 is 4.74 Å². The number of hydrogen-bond donors (Lipinski definition) is 1. The molecule has 3 atom stereocenters. The Bertz CT molecular complexity index is 1620. The van der Waals surface area contributed by atoms with Crippen LogP contribution in [0.15, 0.2) is 42.0 Å². The Balaban J connectivity index is 1.76. The number of carboxylic acid groups (broad SMARTS) is 1. The van der Waals surface area contributed by atoms with E-state index in [1.807, 2.05) is 13.8 Å². The van der Waals surface area contributed by atoms with Crippen molar-refractivity contribution in [2.75, 3.05) is 20.7 Å². The smallest absolute Gasteiger partial charge is 0.416 e. The molecule has 1 fully saturated rings. The van der Waals surface area contributed by atoms with Gasteiger partial charge in [0, 0.05) is 24.7 Å². The number of carbonyl (C=O) groups is 3. The van der Waals surface area contributed by atoms with Crippen LogP contribution in [-0.4, -0.2) is 65.7 Å². The SMILES string of the molecule is COc1ccc(C(=O)N(C)[C@@H](C(=O)O)C(C)C)cc1C1=C(CN2C(=O)O[C@H](c3cc(C(F)(F)F)cc(C(F)(F)F)c3)[C@@H]2C)CC(C)(C)CC1. The molecule has 268 valence electrons. The molecular weight excluding hydrogens is 658 g/mol. The molecule has 2 aromatic rings. The summed E-state index contributed by atoms with van der Waals surface area (Å²) in [4.78, 5) is 41.1. The van der Waals surface area contributed by atoms with Crippen molar-refractivity contribution < 1.29 is 55.3 Å². The van der Waals surface area contributed by atoms with Crippen LogP contribution in [0.5, 0.6) is 5.75 Å². The largest absolute Gasteiger partial charge is 0.496 e. The first kappa shape index (κ1) is 37.6. The van der Waals surface area contributed by atoms with E-state index in [1.54, 1.807) is 26.0 Å². The summed E-state index contributed by atoms with van der Waals surface area (Å²) in [6, 6.07) is 3.88. The van der Waals surface area contributed by atoms with E-state index in [4.69, 9.17) is 9.47 Å². The Morgan fingerprint density at radius 2 is 1.65 bits per heavy atom. The third kappa shape index (κ3) is 7.99. The van der Waals surface area contributed by atoms with Gasteiger partial charge in [-0.05, 0) is 90.6 Å². The van der Waals surface area contributed by atoms with Crippen LogP contribution >= 0.6 is 0 Å².